The third-order valence-corrected chi connectivity index (χ3v) is 7.97. The van der Waals surface area contributed by atoms with E-state index in [9.17, 15) is 18.0 Å². The third-order valence-electron chi connectivity index (χ3n) is 6.29. The van der Waals surface area contributed by atoms with E-state index in [0.717, 1.165) is 27.3 Å². The first-order valence-electron chi connectivity index (χ1n) is 12.9. The van der Waals surface area contributed by atoms with Gasteiger partial charge in [0, 0.05) is 24.5 Å². The summed E-state index contributed by atoms with van der Waals surface area (Å²) >= 11 is 12.5. The standard InChI is InChI=1S/C30H35Cl2N3O4S/c1-21(2)18-33-30(37)28(16-23-8-6-5-7-9-23)34(19-24-12-10-22(3)11-13-24)29(36)20-35(40(4,38)39)27-17-25(31)14-15-26(27)32/h5-15,17,21,28H,16,18-20H2,1-4H3,(H,33,37)/t28-/m0/s1. The van der Waals surface area contributed by atoms with Crippen molar-refractivity contribution in [1.82, 2.24) is 10.2 Å². The molecule has 0 aliphatic heterocycles. The predicted octanol–water partition coefficient (Wildman–Crippen LogP) is 5.48. The highest BCUT2D eigenvalue weighted by atomic mass is 35.5. The van der Waals surface area contributed by atoms with Crippen LogP contribution in [0.3, 0.4) is 0 Å². The molecule has 2 amide bonds. The topological polar surface area (TPSA) is 86.8 Å². The lowest BCUT2D eigenvalue weighted by atomic mass is 10.0. The molecule has 0 radical (unpaired) electrons. The van der Waals surface area contributed by atoms with Gasteiger partial charge in [-0.25, -0.2) is 8.42 Å². The van der Waals surface area contributed by atoms with Gasteiger partial charge in [-0.3, -0.25) is 13.9 Å². The Morgan fingerprint density at radius 2 is 1.57 bits per heavy atom. The van der Waals surface area contributed by atoms with Crippen molar-refractivity contribution in [1.29, 1.82) is 0 Å². The summed E-state index contributed by atoms with van der Waals surface area (Å²) in [7, 11) is -3.95. The molecule has 214 valence electrons. The number of benzene rings is 3. The van der Waals surface area contributed by atoms with E-state index in [1.807, 2.05) is 75.4 Å². The molecular weight excluding hydrogens is 569 g/mol. The second-order valence-corrected chi connectivity index (χ2v) is 13.0. The molecule has 1 N–H and O–H groups in total. The summed E-state index contributed by atoms with van der Waals surface area (Å²) in [6.45, 7) is 5.91. The Kier molecular flexibility index (Phi) is 11.0. The average molecular weight is 605 g/mol. The fourth-order valence-corrected chi connectivity index (χ4v) is 5.43. The molecule has 0 aromatic heterocycles. The van der Waals surface area contributed by atoms with Gasteiger partial charge < -0.3 is 10.2 Å². The van der Waals surface area contributed by atoms with Gasteiger partial charge in [0.15, 0.2) is 0 Å². The molecule has 0 fully saturated rings. The minimum absolute atomic E-state index is 0.0872. The number of rotatable bonds is 12. The molecule has 0 unspecified atom stereocenters. The van der Waals surface area contributed by atoms with Crippen LogP contribution in [0.15, 0.2) is 72.8 Å². The van der Waals surface area contributed by atoms with Crippen molar-refractivity contribution in [2.45, 2.75) is 39.8 Å². The Morgan fingerprint density at radius 3 is 2.17 bits per heavy atom. The summed E-state index contributed by atoms with van der Waals surface area (Å²) in [6, 6.07) is 20.6. The summed E-state index contributed by atoms with van der Waals surface area (Å²) < 4.78 is 26.7. The van der Waals surface area contributed by atoms with Crippen LogP contribution in [0.4, 0.5) is 5.69 Å². The van der Waals surface area contributed by atoms with Crippen molar-refractivity contribution in [3.63, 3.8) is 0 Å². The summed E-state index contributed by atoms with van der Waals surface area (Å²) in [6.07, 6.45) is 1.25. The fourth-order valence-electron chi connectivity index (χ4n) is 4.14. The van der Waals surface area contributed by atoms with Crippen LogP contribution in [0.2, 0.25) is 10.0 Å². The molecule has 0 spiro atoms. The molecule has 0 heterocycles. The number of amides is 2. The van der Waals surface area contributed by atoms with E-state index >= 15 is 0 Å². The van der Waals surface area contributed by atoms with Gasteiger partial charge in [-0.2, -0.15) is 0 Å². The van der Waals surface area contributed by atoms with Crippen molar-refractivity contribution in [2.24, 2.45) is 5.92 Å². The monoisotopic (exact) mass is 603 g/mol. The van der Waals surface area contributed by atoms with Crippen LogP contribution in [0.1, 0.15) is 30.5 Å². The lowest BCUT2D eigenvalue weighted by Crippen LogP contribution is -2.53. The zero-order chi connectivity index (χ0) is 29.4. The van der Waals surface area contributed by atoms with Crippen LogP contribution < -0.4 is 9.62 Å². The lowest BCUT2D eigenvalue weighted by molar-refractivity contribution is -0.140. The normalized spacial score (nSPS) is 12.2. The molecule has 40 heavy (non-hydrogen) atoms. The second kappa shape index (κ2) is 14.0. The summed E-state index contributed by atoms with van der Waals surface area (Å²) in [5.41, 5.74) is 2.81. The Morgan fingerprint density at radius 1 is 0.925 bits per heavy atom. The number of anilines is 1. The lowest BCUT2D eigenvalue weighted by Gasteiger charge is -2.34. The first-order valence-corrected chi connectivity index (χ1v) is 15.5. The van der Waals surface area contributed by atoms with Crippen molar-refractivity contribution in [3.8, 4) is 0 Å². The SMILES string of the molecule is Cc1ccc(CN(C(=O)CN(c2cc(Cl)ccc2Cl)S(C)(=O)=O)[C@@H](Cc2ccccc2)C(=O)NCC(C)C)cc1. The van der Waals surface area contributed by atoms with E-state index in [4.69, 9.17) is 23.2 Å². The van der Waals surface area contributed by atoms with E-state index < -0.39 is 28.5 Å². The van der Waals surface area contributed by atoms with Gasteiger partial charge in [-0.05, 0) is 42.2 Å². The molecule has 3 aromatic carbocycles. The smallest absolute Gasteiger partial charge is 0.244 e. The average Bonchev–Trinajstić information content (AvgIpc) is 2.90. The van der Waals surface area contributed by atoms with E-state index in [1.165, 1.54) is 23.1 Å². The Bertz CT molecular complexity index is 1410. The van der Waals surface area contributed by atoms with Crippen LogP contribution >= 0.6 is 23.2 Å². The van der Waals surface area contributed by atoms with E-state index in [0.29, 0.717) is 6.54 Å². The number of nitrogens with zero attached hydrogens (tertiary/aromatic N) is 2. The minimum atomic E-state index is -3.95. The Balaban J connectivity index is 2.06. The van der Waals surface area contributed by atoms with Gasteiger partial charge in [-0.1, -0.05) is 97.2 Å². The van der Waals surface area contributed by atoms with Crippen molar-refractivity contribution in [3.05, 3.63) is 99.5 Å². The predicted molar refractivity (Wildman–Crippen MR) is 162 cm³/mol. The molecular formula is C30H35Cl2N3O4S. The molecule has 1 atom stereocenters. The molecule has 0 saturated carbocycles. The molecule has 0 aliphatic rings. The highest BCUT2D eigenvalue weighted by Gasteiger charge is 2.33. The maximum Gasteiger partial charge on any atom is 0.244 e. The quantitative estimate of drug-likeness (QED) is 0.297. The molecule has 3 aromatic rings. The summed E-state index contributed by atoms with van der Waals surface area (Å²) in [5.74, 6) is -0.666. The molecule has 0 saturated heterocycles. The van der Waals surface area contributed by atoms with E-state index in [-0.39, 0.29) is 40.5 Å². The van der Waals surface area contributed by atoms with Crippen LogP contribution in [-0.4, -0.2) is 50.5 Å². The zero-order valence-electron chi connectivity index (χ0n) is 23.1. The second-order valence-electron chi connectivity index (χ2n) is 10.2. The Hall–Kier alpha value is -3.07. The number of carbonyl (C=O) groups excluding carboxylic acids is 2. The van der Waals surface area contributed by atoms with Gasteiger partial charge in [0.1, 0.15) is 12.6 Å². The number of halogens is 2. The molecule has 0 bridgehead atoms. The summed E-state index contributed by atoms with van der Waals surface area (Å²) in [5, 5.41) is 3.36. The van der Waals surface area contributed by atoms with Crippen LogP contribution in [0, 0.1) is 12.8 Å². The fraction of sp³-hybridized carbons (Fsp3) is 0.333. The zero-order valence-corrected chi connectivity index (χ0v) is 25.4. The maximum atomic E-state index is 14.1. The van der Waals surface area contributed by atoms with Crippen molar-refractivity contribution < 1.29 is 18.0 Å². The number of sulfonamides is 1. The van der Waals surface area contributed by atoms with Gasteiger partial charge in [0.2, 0.25) is 21.8 Å². The number of hydrogen-bond donors (Lipinski definition) is 1. The minimum Gasteiger partial charge on any atom is -0.354 e. The number of nitrogens with one attached hydrogen (secondary N) is 1. The molecule has 3 rings (SSSR count). The number of hydrogen-bond acceptors (Lipinski definition) is 4. The van der Waals surface area contributed by atoms with Crippen LogP contribution in [0.5, 0.6) is 0 Å². The van der Waals surface area contributed by atoms with Gasteiger partial charge in [0.25, 0.3) is 0 Å². The Labute approximate surface area is 247 Å². The first kappa shape index (κ1) is 31.5. The highest BCUT2D eigenvalue weighted by Crippen LogP contribution is 2.31. The van der Waals surface area contributed by atoms with Crippen molar-refractivity contribution >= 4 is 50.7 Å². The van der Waals surface area contributed by atoms with Crippen LogP contribution in [0.25, 0.3) is 0 Å². The van der Waals surface area contributed by atoms with E-state index in [1.54, 1.807) is 0 Å². The van der Waals surface area contributed by atoms with Gasteiger partial charge in [-0.15, -0.1) is 0 Å². The van der Waals surface area contributed by atoms with Crippen LogP contribution in [-0.2, 0) is 32.6 Å². The third kappa shape index (κ3) is 8.98. The maximum absolute atomic E-state index is 14.1. The molecule has 10 heteroatoms. The number of aryl methyl sites for hydroxylation is 1. The highest BCUT2D eigenvalue weighted by molar-refractivity contribution is 7.92. The molecule has 7 nitrogen and oxygen atoms in total. The van der Waals surface area contributed by atoms with E-state index in [2.05, 4.69) is 5.32 Å². The van der Waals surface area contributed by atoms with Gasteiger partial charge >= 0.3 is 0 Å². The largest absolute Gasteiger partial charge is 0.354 e. The van der Waals surface area contributed by atoms with Gasteiger partial charge in [0.05, 0.1) is 17.0 Å². The van der Waals surface area contributed by atoms with Crippen molar-refractivity contribution in [2.75, 3.05) is 23.7 Å². The number of carbonyl (C=O) groups is 2. The summed E-state index contributed by atoms with van der Waals surface area (Å²) in [4.78, 5) is 29.1. The molecule has 0 aliphatic carbocycles. The first-order chi connectivity index (χ1) is 18.8.